The zero-order valence-corrected chi connectivity index (χ0v) is 10.0. The Hall–Kier alpha value is -1.06. The first kappa shape index (κ1) is 13.0. The lowest BCUT2D eigenvalue weighted by Gasteiger charge is -2.23. The van der Waals surface area contributed by atoms with E-state index in [2.05, 4.69) is 6.92 Å². The van der Waals surface area contributed by atoms with Crippen LogP contribution in [0.4, 0.5) is 0 Å². The van der Waals surface area contributed by atoms with Gasteiger partial charge >= 0.3 is 0 Å². The van der Waals surface area contributed by atoms with Crippen LogP contribution in [0.15, 0.2) is 24.3 Å². The Morgan fingerprint density at radius 1 is 1.38 bits per heavy atom. The molecule has 0 heterocycles. The van der Waals surface area contributed by atoms with Crippen molar-refractivity contribution >= 4 is 0 Å². The fourth-order valence-corrected chi connectivity index (χ4v) is 1.63. The average Bonchev–Trinajstić information content (AvgIpc) is 2.28. The molecule has 0 spiro atoms. The molecule has 0 aliphatic rings. The first-order valence-electron chi connectivity index (χ1n) is 5.77. The first-order valence-corrected chi connectivity index (χ1v) is 5.77. The van der Waals surface area contributed by atoms with Crippen molar-refractivity contribution in [1.82, 2.24) is 0 Å². The quantitative estimate of drug-likeness (QED) is 0.774. The van der Waals surface area contributed by atoms with Crippen LogP contribution >= 0.6 is 0 Å². The Morgan fingerprint density at radius 2 is 2.06 bits per heavy atom. The normalized spacial score (nSPS) is 14.5. The number of rotatable bonds is 6. The van der Waals surface area contributed by atoms with Crippen LogP contribution in [0.1, 0.15) is 25.3 Å². The molecular formula is C13H21NO2. The summed E-state index contributed by atoms with van der Waals surface area (Å²) in [6, 6.07) is 7.64. The highest BCUT2D eigenvalue weighted by Gasteiger charge is 2.18. The molecule has 0 radical (unpaired) electrons. The Kier molecular flexibility index (Phi) is 5.29. The number of hydrogen-bond donors (Lipinski definition) is 2. The molecule has 3 heteroatoms. The summed E-state index contributed by atoms with van der Waals surface area (Å²) in [6.07, 6.45) is 1.53. The fourth-order valence-electron chi connectivity index (χ4n) is 1.63. The molecule has 0 amide bonds. The summed E-state index contributed by atoms with van der Waals surface area (Å²) >= 11 is 0. The van der Waals surface area contributed by atoms with Gasteiger partial charge in [-0.05, 0) is 25.0 Å². The predicted molar refractivity (Wildman–Crippen MR) is 65.6 cm³/mol. The van der Waals surface area contributed by atoms with Gasteiger partial charge < -0.3 is 15.6 Å². The second kappa shape index (κ2) is 6.51. The van der Waals surface area contributed by atoms with Crippen molar-refractivity contribution in [1.29, 1.82) is 0 Å². The monoisotopic (exact) mass is 223 g/mol. The largest absolute Gasteiger partial charge is 0.486 e. The number of ether oxygens (including phenoxy) is 1. The number of aryl methyl sites for hydroxylation is 1. The van der Waals surface area contributed by atoms with Crippen molar-refractivity contribution < 1.29 is 9.84 Å². The minimum absolute atomic E-state index is 0.0461. The highest BCUT2D eigenvalue weighted by atomic mass is 16.5. The number of aliphatic hydroxyl groups excluding tert-OH is 1. The number of hydrogen-bond acceptors (Lipinski definition) is 3. The smallest absolute Gasteiger partial charge is 0.137 e. The Balaban J connectivity index is 2.66. The lowest BCUT2D eigenvalue weighted by Crippen LogP contribution is -2.41. The summed E-state index contributed by atoms with van der Waals surface area (Å²) in [7, 11) is 0. The topological polar surface area (TPSA) is 55.5 Å². The van der Waals surface area contributed by atoms with E-state index in [-0.39, 0.29) is 18.8 Å². The summed E-state index contributed by atoms with van der Waals surface area (Å²) in [6.45, 7) is 4.01. The molecule has 2 atom stereocenters. The summed E-state index contributed by atoms with van der Waals surface area (Å²) in [5, 5.41) is 9.27. The number of aliphatic hydroxyl groups is 1. The molecular weight excluding hydrogens is 202 g/mol. The zero-order chi connectivity index (χ0) is 12.0. The van der Waals surface area contributed by atoms with E-state index in [0.717, 1.165) is 24.2 Å². The molecule has 0 aliphatic carbocycles. The lowest BCUT2D eigenvalue weighted by molar-refractivity contribution is 0.0911. The van der Waals surface area contributed by atoms with Crippen LogP contribution in [-0.4, -0.2) is 23.9 Å². The van der Waals surface area contributed by atoms with Crippen molar-refractivity contribution in [2.24, 2.45) is 5.73 Å². The molecule has 1 aromatic carbocycles. The third kappa shape index (κ3) is 3.51. The third-order valence-corrected chi connectivity index (χ3v) is 2.65. The van der Waals surface area contributed by atoms with E-state index in [0.29, 0.717) is 0 Å². The molecule has 0 saturated heterocycles. The Morgan fingerprint density at radius 3 is 2.62 bits per heavy atom. The molecule has 3 nitrogen and oxygen atoms in total. The number of benzene rings is 1. The lowest BCUT2D eigenvalue weighted by atomic mass is 10.1. The van der Waals surface area contributed by atoms with Gasteiger partial charge in [-0.1, -0.05) is 31.5 Å². The van der Waals surface area contributed by atoms with Gasteiger partial charge in [-0.25, -0.2) is 0 Å². The first-order chi connectivity index (χ1) is 7.69. The molecule has 0 aromatic heterocycles. The molecule has 0 bridgehead atoms. The maximum Gasteiger partial charge on any atom is 0.137 e. The van der Waals surface area contributed by atoms with Crippen molar-refractivity contribution in [3.8, 4) is 5.75 Å². The second-order valence-corrected chi connectivity index (χ2v) is 4.06. The van der Waals surface area contributed by atoms with Crippen molar-refractivity contribution in [3.05, 3.63) is 29.8 Å². The van der Waals surface area contributed by atoms with Crippen LogP contribution in [0.2, 0.25) is 0 Å². The second-order valence-electron chi connectivity index (χ2n) is 4.06. The molecule has 3 N–H and O–H groups in total. The van der Waals surface area contributed by atoms with Gasteiger partial charge in [0.05, 0.1) is 6.61 Å². The van der Waals surface area contributed by atoms with Crippen molar-refractivity contribution in [2.75, 3.05) is 6.61 Å². The molecule has 16 heavy (non-hydrogen) atoms. The van der Waals surface area contributed by atoms with E-state index >= 15 is 0 Å². The zero-order valence-electron chi connectivity index (χ0n) is 10.0. The fraction of sp³-hybridized carbons (Fsp3) is 0.538. The molecule has 1 rings (SSSR count). The summed E-state index contributed by atoms with van der Waals surface area (Å²) in [5.41, 5.74) is 7.01. The maximum absolute atomic E-state index is 9.27. The van der Waals surface area contributed by atoms with Gasteiger partial charge in [-0.3, -0.25) is 0 Å². The van der Waals surface area contributed by atoms with Gasteiger partial charge in [-0.2, -0.15) is 0 Å². The molecule has 2 unspecified atom stereocenters. The highest BCUT2D eigenvalue weighted by molar-refractivity contribution is 5.32. The summed E-state index contributed by atoms with van der Waals surface area (Å²) in [5.74, 6) is 0.799. The number of nitrogens with two attached hydrogens (primary N) is 1. The van der Waals surface area contributed by atoms with E-state index in [1.165, 1.54) is 0 Å². The van der Waals surface area contributed by atoms with E-state index in [4.69, 9.17) is 10.5 Å². The van der Waals surface area contributed by atoms with Crippen LogP contribution in [0, 0.1) is 6.92 Å². The average molecular weight is 223 g/mol. The maximum atomic E-state index is 9.27. The van der Waals surface area contributed by atoms with Gasteiger partial charge in [0, 0.05) is 6.04 Å². The Bertz CT molecular complexity index is 315. The van der Waals surface area contributed by atoms with Gasteiger partial charge in [0.1, 0.15) is 11.9 Å². The van der Waals surface area contributed by atoms with E-state index in [1.54, 1.807) is 0 Å². The molecule has 0 saturated carbocycles. The van der Waals surface area contributed by atoms with Crippen LogP contribution < -0.4 is 10.5 Å². The summed E-state index contributed by atoms with van der Waals surface area (Å²) in [4.78, 5) is 0. The molecule has 0 fully saturated rings. The van der Waals surface area contributed by atoms with Gasteiger partial charge in [0.2, 0.25) is 0 Å². The molecule has 0 aliphatic heterocycles. The van der Waals surface area contributed by atoms with Gasteiger partial charge in [-0.15, -0.1) is 0 Å². The summed E-state index contributed by atoms with van der Waals surface area (Å²) < 4.78 is 5.73. The third-order valence-electron chi connectivity index (χ3n) is 2.65. The molecule has 1 aromatic rings. The van der Waals surface area contributed by atoms with Crippen LogP contribution in [0.5, 0.6) is 5.75 Å². The SMILES string of the molecule is CCCC(N)C(CO)Oc1ccccc1C. The van der Waals surface area contributed by atoms with E-state index in [1.807, 2.05) is 31.2 Å². The highest BCUT2D eigenvalue weighted by Crippen LogP contribution is 2.19. The minimum Gasteiger partial charge on any atom is -0.486 e. The van der Waals surface area contributed by atoms with Crippen LogP contribution in [0.25, 0.3) is 0 Å². The van der Waals surface area contributed by atoms with Gasteiger partial charge in [0.25, 0.3) is 0 Å². The predicted octanol–water partition coefficient (Wildman–Crippen LogP) is 1.86. The van der Waals surface area contributed by atoms with Crippen LogP contribution in [0.3, 0.4) is 0 Å². The van der Waals surface area contributed by atoms with Gasteiger partial charge in [0.15, 0.2) is 0 Å². The number of para-hydroxylation sites is 1. The van der Waals surface area contributed by atoms with Crippen molar-refractivity contribution in [2.45, 2.75) is 38.8 Å². The van der Waals surface area contributed by atoms with Crippen LogP contribution in [-0.2, 0) is 0 Å². The Labute approximate surface area is 97.2 Å². The van der Waals surface area contributed by atoms with Crippen molar-refractivity contribution in [3.63, 3.8) is 0 Å². The van der Waals surface area contributed by atoms with E-state index in [9.17, 15) is 5.11 Å². The standard InChI is InChI=1S/C13H21NO2/c1-3-6-11(14)13(9-15)16-12-8-5-4-7-10(12)2/h4-5,7-8,11,13,15H,3,6,9,14H2,1-2H3. The molecule has 90 valence electrons. The van der Waals surface area contributed by atoms with E-state index < -0.39 is 0 Å². The minimum atomic E-state index is -0.318.